The molecule has 0 radical (unpaired) electrons. The SMILES string of the molecule is CCCS(=O)(=O)Nc1cccc(NC(=O)CC)c1C. The summed E-state index contributed by atoms with van der Waals surface area (Å²) in [6.45, 7) is 5.34. The average Bonchev–Trinajstić information content (AvgIpc) is 2.33. The molecule has 19 heavy (non-hydrogen) atoms. The summed E-state index contributed by atoms with van der Waals surface area (Å²) >= 11 is 0. The Morgan fingerprint density at radius 2 is 1.84 bits per heavy atom. The number of anilines is 2. The van der Waals surface area contributed by atoms with Gasteiger partial charge in [0.25, 0.3) is 0 Å². The van der Waals surface area contributed by atoms with Crippen molar-refractivity contribution in [2.75, 3.05) is 15.8 Å². The average molecular weight is 284 g/mol. The summed E-state index contributed by atoms with van der Waals surface area (Å²) in [7, 11) is -3.32. The van der Waals surface area contributed by atoms with Gasteiger partial charge >= 0.3 is 0 Å². The molecule has 6 heteroatoms. The van der Waals surface area contributed by atoms with Gasteiger partial charge in [-0.3, -0.25) is 9.52 Å². The van der Waals surface area contributed by atoms with Gasteiger partial charge in [-0.2, -0.15) is 0 Å². The van der Waals surface area contributed by atoms with E-state index in [0.29, 0.717) is 29.8 Å². The van der Waals surface area contributed by atoms with Gasteiger partial charge in [0.1, 0.15) is 0 Å². The second-order valence-electron chi connectivity index (χ2n) is 4.30. The Morgan fingerprint density at radius 3 is 2.42 bits per heavy atom. The first-order valence-electron chi connectivity index (χ1n) is 6.29. The number of carbonyl (C=O) groups excluding carboxylic acids is 1. The molecule has 106 valence electrons. The van der Waals surface area contributed by atoms with E-state index in [2.05, 4.69) is 10.0 Å². The second-order valence-corrected chi connectivity index (χ2v) is 6.14. The van der Waals surface area contributed by atoms with Crippen LogP contribution in [0.25, 0.3) is 0 Å². The van der Waals surface area contributed by atoms with Crippen molar-refractivity contribution in [1.29, 1.82) is 0 Å². The first-order valence-corrected chi connectivity index (χ1v) is 7.94. The lowest BCUT2D eigenvalue weighted by Crippen LogP contribution is -2.17. The predicted molar refractivity (Wildman–Crippen MR) is 77.8 cm³/mol. The Kier molecular flexibility index (Phi) is 5.35. The number of benzene rings is 1. The zero-order chi connectivity index (χ0) is 14.5. The molecule has 0 aliphatic heterocycles. The highest BCUT2D eigenvalue weighted by atomic mass is 32.2. The molecule has 0 heterocycles. The Balaban J connectivity index is 2.98. The molecule has 1 rings (SSSR count). The molecule has 0 fully saturated rings. The van der Waals surface area contributed by atoms with Gasteiger partial charge in [0, 0.05) is 12.1 Å². The molecule has 0 aliphatic carbocycles. The van der Waals surface area contributed by atoms with Gasteiger partial charge in [-0.1, -0.05) is 19.9 Å². The molecule has 0 saturated heterocycles. The van der Waals surface area contributed by atoms with Crippen LogP contribution in [0.1, 0.15) is 32.3 Å². The molecule has 1 aromatic rings. The number of nitrogens with one attached hydrogen (secondary N) is 2. The van der Waals surface area contributed by atoms with Crippen molar-refractivity contribution in [1.82, 2.24) is 0 Å². The van der Waals surface area contributed by atoms with Crippen molar-refractivity contribution >= 4 is 27.3 Å². The van der Waals surface area contributed by atoms with Gasteiger partial charge < -0.3 is 5.32 Å². The van der Waals surface area contributed by atoms with Gasteiger partial charge in [0.2, 0.25) is 15.9 Å². The minimum absolute atomic E-state index is 0.0813. The van der Waals surface area contributed by atoms with Crippen LogP contribution in [-0.2, 0) is 14.8 Å². The van der Waals surface area contributed by atoms with Crippen molar-refractivity contribution < 1.29 is 13.2 Å². The molecule has 0 saturated carbocycles. The van der Waals surface area contributed by atoms with Crippen molar-refractivity contribution in [2.45, 2.75) is 33.6 Å². The van der Waals surface area contributed by atoms with Crippen LogP contribution in [0, 0.1) is 6.92 Å². The number of hydrogen-bond donors (Lipinski definition) is 2. The van der Waals surface area contributed by atoms with Gasteiger partial charge in [-0.15, -0.1) is 0 Å². The summed E-state index contributed by atoms with van der Waals surface area (Å²) in [5.41, 5.74) is 1.84. The van der Waals surface area contributed by atoms with E-state index in [9.17, 15) is 13.2 Å². The molecular weight excluding hydrogens is 264 g/mol. The highest BCUT2D eigenvalue weighted by molar-refractivity contribution is 7.92. The quantitative estimate of drug-likeness (QED) is 0.842. The first-order chi connectivity index (χ1) is 8.89. The lowest BCUT2D eigenvalue weighted by Gasteiger charge is -2.13. The maximum Gasteiger partial charge on any atom is 0.232 e. The van der Waals surface area contributed by atoms with Crippen LogP contribution in [0.5, 0.6) is 0 Å². The van der Waals surface area contributed by atoms with Crippen LogP contribution in [0.3, 0.4) is 0 Å². The zero-order valence-corrected chi connectivity index (χ0v) is 12.3. The third kappa shape index (κ3) is 4.55. The zero-order valence-electron chi connectivity index (χ0n) is 11.5. The van der Waals surface area contributed by atoms with Gasteiger partial charge in [-0.05, 0) is 31.0 Å². The van der Waals surface area contributed by atoms with Gasteiger partial charge in [0.15, 0.2) is 0 Å². The molecular formula is C13H20N2O3S. The fourth-order valence-corrected chi connectivity index (χ4v) is 2.80. The fraction of sp³-hybridized carbons (Fsp3) is 0.462. The molecule has 1 aromatic carbocycles. The van der Waals surface area contributed by atoms with E-state index in [1.807, 2.05) is 6.92 Å². The van der Waals surface area contributed by atoms with Gasteiger partial charge in [0.05, 0.1) is 11.4 Å². The molecule has 0 atom stereocenters. The summed E-state index contributed by atoms with van der Waals surface area (Å²) in [6.07, 6.45) is 0.936. The molecule has 0 aliphatic rings. The maximum atomic E-state index is 11.7. The number of sulfonamides is 1. The molecule has 1 amide bonds. The Bertz CT molecular complexity index is 553. The van der Waals surface area contributed by atoms with E-state index in [1.54, 1.807) is 32.0 Å². The van der Waals surface area contributed by atoms with Crippen LogP contribution in [0.4, 0.5) is 11.4 Å². The Labute approximate surface area is 114 Å². The highest BCUT2D eigenvalue weighted by Gasteiger charge is 2.12. The predicted octanol–water partition coefficient (Wildman–Crippen LogP) is 2.50. The summed E-state index contributed by atoms with van der Waals surface area (Å²) in [5, 5.41) is 2.74. The standard InChI is InChI=1S/C13H20N2O3S/c1-4-9-19(17,18)15-12-8-6-7-11(10(12)3)14-13(16)5-2/h6-8,15H,4-5,9H2,1-3H3,(H,14,16). The van der Waals surface area contributed by atoms with Crippen LogP contribution in [-0.4, -0.2) is 20.1 Å². The van der Waals surface area contributed by atoms with E-state index >= 15 is 0 Å². The molecule has 5 nitrogen and oxygen atoms in total. The topological polar surface area (TPSA) is 75.3 Å². The van der Waals surface area contributed by atoms with E-state index in [1.165, 1.54) is 0 Å². The second kappa shape index (κ2) is 6.56. The number of amides is 1. The van der Waals surface area contributed by atoms with E-state index in [0.717, 1.165) is 0 Å². The Hall–Kier alpha value is -1.56. The summed E-state index contributed by atoms with van der Waals surface area (Å²) in [6, 6.07) is 5.15. The number of rotatable bonds is 6. The lowest BCUT2D eigenvalue weighted by atomic mass is 10.1. The molecule has 0 aromatic heterocycles. The summed E-state index contributed by atoms with van der Waals surface area (Å²) in [5.74, 6) is -0.0190. The molecule has 0 bridgehead atoms. The smallest absolute Gasteiger partial charge is 0.232 e. The molecule has 0 unspecified atom stereocenters. The van der Waals surface area contributed by atoms with Crippen LogP contribution in [0.2, 0.25) is 0 Å². The largest absolute Gasteiger partial charge is 0.326 e. The van der Waals surface area contributed by atoms with Crippen molar-refractivity contribution in [3.05, 3.63) is 23.8 Å². The monoisotopic (exact) mass is 284 g/mol. The normalized spacial score (nSPS) is 11.1. The maximum absolute atomic E-state index is 11.7. The highest BCUT2D eigenvalue weighted by Crippen LogP contribution is 2.24. The number of hydrogen-bond acceptors (Lipinski definition) is 3. The third-order valence-corrected chi connectivity index (χ3v) is 4.14. The minimum Gasteiger partial charge on any atom is -0.326 e. The van der Waals surface area contributed by atoms with Crippen molar-refractivity contribution in [2.24, 2.45) is 0 Å². The van der Waals surface area contributed by atoms with Crippen molar-refractivity contribution in [3.63, 3.8) is 0 Å². The third-order valence-electron chi connectivity index (χ3n) is 2.67. The first kappa shape index (κ1) is 15.5. The van der Waals surface area contributed by atoms with Crippen LogP contribution >= 0.6 is 0 Å². The summed E-state index contributed by atoms with van der Waals surface area (Å²) in [4.78, 5) is 11.4. The minimum atomic E-state index is -3.32. The van der Waals surface area contributed by atoms with Crippen molar-refractivity contribution in [3.8, 4) is 0 Å². The van der Waals surface area contributed by atoms with Crippen LogP contribution in [0.15, 0.2) is 18.2 Å². The Morgan fingerprint density at radius 1 is 1.21 bits per heavy atom. The summed E-state index contributed by atoms with van der Waals surface area (Å²) < 4.78 is 26.0. The fourth-order valence-electron chi connectivity index (χ4n) is 1.61. The van der Waals surface area contributed by atoms with E-state index in [-0.39, 0.29) is 11.7 Å². The molecule has 0 spiro atoms. The van der Waals surface area contributed by atoms with Gasteiger partial charge in [-0.25, -0.2) is 8.42 Å². The molecule has 2 N–H and O–H groups in total. The van der Waals surface area contributed by atoms with E-state index in [4.69, 9.17) is 0 Å². The number of carbonyl (C=O) groups is 1. The van der Waals surface area contributed by atoms with E-state index < -0.39 is 10.0 Å². The lowest BCUT2D eigenvalue weighted by molar-refractivity contribution is -0.115. The van der Waals surface area contributed by atoms with Crippen LogP contribution < -0.4 is 10.0 Å².